The van der Waals surface area contributed by atoms with Crippen LogP contribution in [0, 0.1) is 20.8 Å². The highest BCUT2D eigenvalue weighted by atomic mass is 79.9. The Kier molecular flexibility index (Phi) is 7.03. The van der Waals surface area contributed by atoms with E-state index in [0.717, 1.165) is 21.2 Å². The summed E-state index contributed by atoms with van der Waals surface area (Å²) < 4.78 is 11.5. The molecule has 2 rings (SSSR count). The summed E-state index contributed by atoms with van der Waals surface area (Å²) in [5.41, 5.74) is 7.87. The first-order chi connectivity index (χ1) is 12.3. The van der Waals surface area contributed by atoms with Crippen LogP contribution in [0.15, 0.2) is 40.9 Å². The van der Waals surface area contributed by atoms with Crippen LogP contribution in [-0.4, -0.2) is 25.0 Å². The second kappa shape index (κ2) is 9.24. The third-order valence-electron chi connectivity index (χ3n) is 3.64. The van der Waals surface area contributed by atoms with Gasteiger partial charge in [-0.1, -0.05) is 12.1 Å². The van der Waals surface area contributed by atoms with Crippen LogP contribution in [0.25, 0.3) is 0 Å². The van der Waals surface area contributed by atoms with E-state index in [4.69, 9.17) is 9.47 Å². The number of carbonyl (C=O) groups is 2. The monoisotopic (exact) mass is 420 g/mol. The SMILES string of the molecule is Cc1ccc(OCC(=O)NNC(=O)COc2ccc(C)c(C)c2)c(Br)c1. The molecule has 0 saturated heterocycles. The number of rotatable bonds is 6. The van der Waals surface area contributed by atoms with E-state index in [-0.39, 0.29) is 13.2 Å². The third-order valence-corrected chi connectivity index (χ3v) is 4.26. The van der Waals surface area contributed by atoms with Gasteiger partial charge in [0, 0.05) is 0 Å². The summed E-state index contributed by atoms with van der Waals surface area (Å²) in [4.78, 5) is 23.5. The number of hydrogen-bond acceptors (Lipinski definition) is 4. The molecule has 0 aliphatic heterocycles. The number of amides is 2. The van der Waals surface area contributed by atoms with Crippen molar-refractivity contribution in [1.82, 2.24) is 10.9 Å². The van der Waals surface area contributed by atoms with E-state index in [0.29, 0.717) is 11.5 Å². The first-order valence-electron chi connectivity index (χ1n) is 8.02. The van der Waals surface area contributed by atoms with Gasteiger partial charge >= 0.3 is 0 Å². The molecule has 2 aromatic carbocycles. The highest BCUT2D eigenvalue weighted by molar-refractivity contribution is 9.10. The largest absolute Gasteiger partial charge is 0.484 e. The molecule has 0 atom stereocenters. The van der Waals surface area contributed by atoms with Crippen LogP contribution in [0.4, 0.5) is 0 Å². The van der Waals surface area contributed by atoms with Crippen molar-refractivity contribution >= 4 is 27.7 Å². The molecule has 0 fully saturated rings. The zero-order chi connectivity index (χ0) is 19.1. The molecule has 6 nitrogen and oxygen atoms in total. The fraction of sp³-hybridized carbons (Fsp3) is 0.263. The molecule has 0 aliphatic rings. The van der Waals surface area contributed by atoms with E-state index in [2.05, 4.69) is 26.8 Å². The van der Waals surface area contributed by atoms with Crippen molar-refractivity contribution in [2.45, 2.75) is 20.8 Å². The fourth-order valence-electron chi connectivity index (χ4n) is 2.03. The smallest absolute Gasteiger partial charge is 0.276 e. The Morgan fingerprint density at radius 1 is 0.885 bits per heavy atom. The van der Waals surface area contributed by atoms with E-state index in [1.165, 1.54) is 0 Å². The Hall–Kier alpha value is -2.54. The summed E-state index contributed by atoms with van der Waals surface area (Å²) in [6, 6.07) is 11.1. The van der Waals surface area contributed by atoms with Gasteiger partial charge in [-0.05, 0) is 77.7 Å². The zero-order valence-electron chi connectivity index (χ0n) is 14.9. The van der Waals surface area contributed by atoms with E-state index in [9.17, 15) is 9.59 Å². The summed E-state index contributed by atoms with van der Waals surface area (Å²) in [7, 11) is 0. The number of nitrogens with one attached hydrogen (secondary N) is 2. The average Bonchev–Trinajstić information content (AvgIpc) is 2.60. The Balaban J connectivity index is 1.71. The topological polar surface area (TPSA) is 76.7 Å². The predicted molar refractivity (Wildman–Crippen MR) is 102 cm³/mol. The lowest BCUT2D eigenvalue weighted by Crippen LogP contribution is -2.45. The van der Waals surface area contributed by atoms with Crippen LogP contribution >= 0.6 is 15.9 Å². The van der Waals surface area contributed by atoms with Crippen molar-refractivity contribution in [1.29, 1.82) is 0 Å². The lowest BCUT2D eigenvalue weighted by Gasteiger charge is -2.11. The first kappa shape index (κ1) is 19.8. The van der Waals surface area contributed by atoms with E-state index in [1.807, 2.05) is 45.0 Å². The molecule has 138 valence electrons. The Morgan fingerprint density at radius 2 is 1.54 bits per heavy atom. The molecule has 2 N–H and O–H groups in total. The Labute approximate surface area is 161 Å². The number of halogens is 1. The Bertz CT molecular complexity index is 808. The molecule has 7 heteroatoms. The minimum absolute atomic E-state index is 0.201. The number of hydrazine groups is 1. The quantitative estimate of drug-likeness (QED) is 0.704. The average molecular weight is 421 g/mol. The standard InChI is InChI=1S/C19H21BrN2O4/c1-12-4-7-17(16(20)8-12)26-11-19(24)22-21-18(23)10-25-15-6-5-13(2)14(3)9-15/h4-9H,10-11H2,1-3H3,(H,21,23)(H,22,24). The van der Waals surface area contributed by atoms with Crippen LogP contribution < -0.4 is 20.3 Å². The molecule has 0 unspecified atom stereocenters. The van der Waals surface area contributed by atoms with E-state index in [1.54, 1.807) is 12.1 Å². The molecule has 0 aromatic heterocycles. The van der Waals surface area contributed by atoms with Crippen molar-refractivity contribution < 1.29 is 19.1 Å². The van der Waals surface area contributed by atoms with Gasteiger partial charge in [-0.2, -0.15) is 0 Å². The van der Waals surface area contributed by atoms with Crippen LogP contribution in [0.3, 0.4) is 0 Å². The van der Waals surface area contributed by atoms with Crippen molar-refractivity contribution in [3.05, 3.63) is 57.6 Å². The van der Waals surface area contributed by atoms with Crippen molar-refractivity contribution in [2.75, 3.05) is 13.2 Å². The number of ether oxygens (including phenoxy) is 2. The fourth-order valence-corrected chi connectivity index (χ4v) is 2.64. The van der Waals surface area contributed by atoms with Crippen LogP contribution in [0.1, 0.15) is 16.7 Å². The lowest BCUT2D eigenvalue weighted by atomic mass is 10.1. The zero-order valence-corrected chi connectivity index (χ0v) is 16.5. The summed E-state index contributed by atoms with van der Waals surface area (Å²) in [5, 5.41) is 0. The van der Waals surface area contributed by atoms with Gasteiger partial charge in [0.2, 0.25) is 0 Å². The first-order valence-corrected chi connectivity index (χ1v) is 8.81. The number of benzene rings is 2. The molecule has 26 heavy (non-hydrogen) atoms. The molecular weight excluding hydrogens is 400 g/mol. The normalized spacial score (nSPS) is 10.2. The minimum Gasteiger partial charge on any atom is -0.484 e. The molecule has 0 aliphatic carbocycles. The molecule has 2 amide bonds. The molecule has 0 bridgehead atoms. The van der Waals surface area contributed by atoms with Crippen LogP contribution in [0.2, 0.25) is 0 Å². The molecule has 0 heterocycles. The minimum atomic E-state index is -0.475. The number of carbonyl (C=O) groups excluding carboxylic acids is 2. The van der Waals surface area contributed by atoms with Gasteiger partial charge in [0.25, 0.3) is 11.8 Å². The summed E-state index contributed by atoms with van der Waals surface area (Å²) >= 11 is 3.37. The highest BCUT2D eigenvalue weighted by Crippen LogP contribution is 2.25. The van der Waals surface area contributed by atoms with Crippen molar-refractivity contribution in [2.24, 2.45) is 0 Å². The second-order valence-electron chi connectivity index (χ2n) is 5.85. The highest BCUT2D eigenvalue weighted by Gasteiger charge is 2.08. The molecule has 0 spiro atoms. The predicted octanol–water partition coefficient (Wildman–Crippen LogP) is 2.98. The maximum atomic E-state index is 11.7. The van der Waals surface area contributed by atoms with Crippen LogP contribution in [-0.2, 0) is 9.59 Å². The van der Waals surface area contributed by atoms with Gasteiger partial charge in [-0.3, -0.25) is 20.4 Å². The van der Waals surface area contributed by atoms with Gasteiger partial charge in [0.05, 0.1) is 4.47 Å². The number of aryl methyl sites for hydroxylation is 3. The van der Waals surface area contributed by atoms with Gasteiger partial charge in [0.1, 0.15) is 11.5 Å². The molecule has 0 radical (unpaired) electrons. The van der Waals surface area contributed by atoms with Crippen LogP contribution in [0.5, 0.6) is 11.5 Å². The molecular formula is C19H21BrN2O4. The summed E-state index contributed by atoms with van der Waals surface area (Å²) in [6.45, 7) is 5.50. The maximum absolute atomic E-state index is 11.7. The van der Waals surface area contributed by atoms with E-state index < -0.39 is 11.8 Å². The molecule has 0 saturated carbocycles. The number of hydrogen-bond donors (Lipinski definition) is 2. The Morgan fingerprint density at radius 3 is 2.15 bits per heavy atom. The summed E-state index contributed by atoms with van der Waals surface area (Å²) in [6.07, 6.45) is 0. The van der Waals surface area contributed by atoms with Gasteiger partial charge in [-0.25, -0.2) is 0 Å². The van der Waals surface area contributed by atoms with Gasteiger partial charge in [-0.15, -0.1) is 0 Å². The molecule has 2 aromatic rings. The third kappa shape index (κ3) is 6.07. The van der Waals surface area contributed by atoms with E-state index >= 15 is 0 Å². The van der Waals surface area contributed by atoms with Crippen molar-refractivity contribution in [3.63, 3.8) is 0 Å². The second-order valence-corrected chi connectivity index (χ2v) is 6.71. The maximum Gasteiger partial charge on any atom is 0.276 e. The van der Waals surface area contributed by atoms with Crippen molar-refractivity contribution in [3.8, 4) is 11.5 Å². The summed E-state index contributed by atoms with van der Waals surface area (Å²) in [5.74, 6) is 0.211. The van der Waals surface area contributed by atoms with Gasteiger partial charge < -0.3 is 9.47 Å². The lowest BCUT2D eigenvalue weighted by molar-refractivity contribution is -0.131. The van der Waals surface area contributed by atoms with Gasteiger partial charge in [0.15, 0.2) is 13.2 Å².